The molecule has 0 fully saturated rings. The Bertz CT molecular complexity index is 498. The lowest BCUT2D eigenvalue weighted by atomic mass is 10.0. The van der Waals surface area contributed by atoms with Gasteiger partial charge in [0.05, 0.1) is 0 Å². The van der Waals surface area contributed by atoms with Crippen molar-refractivity contribution in [2.24, 2.45) is 0 Å². The Labute approximate surface area is 133 Å². The first kappa shape index (κ1) is 18.2. The normalized spacial score (nSPS) is 10.6. The van der Waals surface area contributed by atoms with Crippen molar-refractivity contribution < 1.29 is 9.59 Å². The van der Waals surface area contributed by atoms with E-state index in [0.29, 0.717) is 25.4 Å². The second kappa shape index (κ2) is 9.23. The number of anilines is 1. The first-order valence-electron chi connectivity index (χ1n) is 8.11. The Morgan fingerprint density at radius 3 is 2.50 bits per heavy atom. The molecule has 0 heterocycles. The van der Waals surface area contributed by atoms with E-state index in [-0.39, 0.29) is 11.8 Å². The molecule has 1 rings (SSSR count). The predicted octanol–water partition coefficient (Wildman–Crippen LogP) is 3.47. The number of nitrogens with one attached hydrogen (secondary N) is 1. The molecule has 0 spiro atoms. The Balaban J connectivity index is 2.75. The first-order chi connectivity index (χ1) is 10.5. The zero-order valence-corrected chi connectivity index (χ0v) is 14.2. The zero-order valence-electron chi connectivity index (χ0n) is 14.2. The second-order valence-corrected chi connectivity index (χ2v) is 5.84. The topological polar surface area (TPSA) is 49.4 Å². The molecule has 0 saturated heterocycles. The van der Waals surface area contributed by atoms with Gasteiger partial charge >= 0.3 is 0 Å². The van der Waals surface area contributed by atoms with Crippen LogP contribution in [0.4, 0.5) is 5.69 Å². The number of nitrogens with zero attached hydrogens (tertiary/aromatic N) is 1. The van der Waals surface area contributed by atoms with Crippen LogP contribution in [0.3, 0.4) is 0 Å². The first-order valence-corrected chi connectivity index (χ1v) is 8.11. The maximum absolute atomic E-state index is 12.0. The summed E-state index contributed by atoms with van der Waals surface area (Å²) in [4.78, 5) is 25.5. The average molecular weight is 304 g/mol. The standard InChI is InChI=1S/C18H28N2O2/c1-5-6-12-19-18(22)11-13-20(15(4)21)17-10-8-7-9-16(17)14(2)3/h7-10,14H,5-6,11-13H2,1-4H3,(H,19,22). The summed E-state index contributed by atoms with van der Waals surface area (Å²) in [5.41, 5.74) is 2.04. The minimum absolute atomic E-state index is 0.00160. The van der Waals surface area contributed by atoms with Crippen LogP contribution < -0.4 is 10.2 Å². The highest BCUT2D eigenvalue weighted by molar-refractivity contribution is 5.93. The molecule has 0 aliphatic rings. The van der Waals surface area contributed by atoms with E-state index in [1.807, 2.05) is 24.3 Å². The summed E-state index contributed by atoms with van der Waals surface area (Å²) in [5, 5.41) is 2.89. The number of carbonyl (C=O) groups is 2. The lowest BCUT2D eigenvalue weighted by molar-refractivity contribution is -0.121. The van der Waals surface area contributed by atoms with Crippen LogP contribution in [0.2, 0.25) is 0 Å². The van der Waals surface area contributed by atoms with Crippen LogP contribution in [0.15, 0.2) is 24.3 Å². The summed E-state index contributed by atoms with van der Waals surface area (Å²) in [7, 11) is 0. The van der Waals surface area contributed by atoms with E-state index in [4.69, 9.17) is 0 Å². The van der Waals surface area contributed by atoms with E-state index in [1.54, 1.807) is 11.8 Å². The summed E-state index contributed by atoms with van der Waals surface area (Å²) in [5.74, 6) is 0.299. The summed E-state index contributed by atoms with van der Waals surface area (Å²) in [6.45, 7) is 8.97. The SMILES string of the molecule is CCCCNC(=O)CCN(C(C)=O)c1ccccc1C(C)C. The fourth-order valence-corrected chi connectivity index (χ4v) is 2.38. The molecule has 0 aromatic heterocycles. The van der Waals surface area contributed by atoms with E-state index in [1.165, 1.54) is 0 Å². The Morgan fingerprint density at radius 1 is 1.23 bits per heavy atom. The van der Waals surface area contributed by atoms with Crippen LogP contribution >= 0.6 is 0 Å². The summed E-state index contributed by atoms with van der Waals surface area (Å²) < 4.78 is 0. The predicted molar refractivity (Wildman–Crippen MR) is 91.1 cm³/mol. The van der Waals surface area contributed by atoms with Crippen molar-refractivity contribution in [3.8, 4) is 0 Å². The monoisotopic (exact) mass is 304 g/mol. The van der Waals surface area contributed by atoms with Crippen molar-refractivity contribution in [1.29, 1.82) is 0 Å². The van der Waals surface area contributed by atoms with Gasteiger partial charge in [0.25, 0.3) is 0 Å². The zero-order chi connectivity index (χ0) is 16.5. The van der Waals surface area contributed by atoms with Gasteiger partial charge in [-0.1, -0.05) is 45.4 Å². The van der Waals surface area contributed by atoms with E-state index < -0.39 is 0 Å². The molecule has 4 heteroatoms. The lowest BCUT2D eigenvalue weighted by Crippen LogP contribution is -2.34. The van der Waals surface area contributed by atoms with Crippen LogP contribution in [0.5, 0.6) is 0 Å². The van der Waals surface area contributed by atoms with Gasteiger partial charge in [-0.15, -0.1) is 0 Å². The van der Waals surface area contributed by atoms with Crippen molar-refractivity contribution in [3.63, 3.8) is 0 Å². The van der Waals surface area contributed by atoms with Gasteiger partial charge < -0.3 is 10.2 Å². The quantitative estimate of drug-likeness (QED) is 0.748. The minimum Gasteiger partial charge on any atom is -0.356 e. The maximum atomic E-state index is 12.0. The van der Waals surface area contributed by atoms with Crippen LogP contribution in [0.25, 0.3) is 0 Å². The third-order valence-electron chi connectivity index (χ3n) is 3.64. The Hall–Kier alpha value is -1.84. The van der Waals surface area contributed by atoms with Gasteiger partial charge in [-0.05, 0) is 24.0 Å². The smallest absolute Gasteiger partial charge is 0.223 e. The molecule has 0 bridgehead atoms. The molecule has 0 unspecified atom stereocenters. The highest BCUT2D eigenvalue weighted by Gasteiger charge is 2.17. The average Bonchev–Trinajstić information content (AvgIpc) is 2.47. The fraction of sp³-hybridized carbons (Fsp3) is 0.556. The number of benzene rings is 1. The van der Waals surface area contributed by atoms with Crippen LogP contribution in [-0.4, -0.2) is 24.9 Å². The Kier molecular flexibility index (Phi) is 7.64. The maximum Gasteiger partial charge on any atom is 0.223 e. The number of unbranched alkanes of at least 4 members (excludes halogenated alkanes) is 1. The van der Waals surface area contributed by atoms with Crippen LogP contribution in [0.1, 0.15) is 58.4 Å². The molecule has 2 amide bonds. The molecule has 0 atom stereocenters. The number of carbonyl (C=O) groups excluding carboxylic acids is 2. The highest BCUT2D eigenvalue weighted by Crippen LogP contribution is 2.27. The number of hydrogen-bond acceptors (Lipinski definition) is 2. The molecule has 22 heavy (non-hydrogen) atoms. The Morgan fingerprint density at radius 2 is 1.91 bits per heavy atom. The molecule has 1 aromatic rings. The van der Waals surface area contributed by atoms with Gasteiger partial charge in [-0.3, -0.25) is 9.59 Å². The van der Waals surface area contributed by atoms with Crippen molar-refractivity contribution in [2.45, 2.75) is 52.9 Å². The summed E-state index contributed by atoms with van der Waals surface area (Å²) in [6, 6.07) is 7.90. The second-order valence-electron chi connectivity index (χ2n) is 5.84. The van der Waals surface area contributed by atoms with Crippen molar-refractivity contribution in [1.82, 2.24) is 5.32 Å². The third kappa shape index (κ3) is 5.51. The van der Waals surface area contributed by atoms with Gasteiger partial charge in [0, 0.05) is 32.1 Å². The number of rotatable bonds is 8. The minimum atomic E-state index is -0.0329. The van der Waals surface area contributed by atoms with Crippen molar-refractivity contribution in [2.75, 3.05) is 18.0 Å². The molecule has 0 aliphatic heterocycles. The summed E-state index contributed by atoms with van der Waals surface area (Å²) >= 11 is 0. The van der Waals surface area contributed by atoms with Crippen LogP contribution in [0, 0.1) is 0 Å². The number of para-hydroxylation sites is 1. The lowest BCUT2D eigenvalue weighted by Gasteiger charge is -2.25. The fourth-order valence-electron chi connectivity index (χ4n) is 2.38. The largest absolute Gasteiger partial charge is 0.356 e. The number of amides is 2. The van der Waals surface area contributed by atoms with Gasteiger partial charge in [0.1, 0.15) is 0 Å². The van der Waals surface area contributed by atoms with E-state index in [0.717, 1.165) is 24.1 Å². The summed E-state index contributed by atoms with van der Waals surface area (Å²) in [6.07, 6.45) is 2.37. The third-order valence-corrected chi connectivity index (χ3v) is 3.64. The molecule has 0 radical (unpaired) electrons. The molecular formula is C18H28N2O2. The molecule has 1 aromatic carbocycles. The van der Waals surface area contributed by atoms with E-state index in [2.05, 4.69) is 26.1 Å². The van der Waals surface area contributed by atoms with E-state index in [9.17, 15) is 9.59 Å². The van der Waals surface area contributed by atoms with Crippen molar-refractivity contribution >= 4 is 17.5 Å². The highest BCUT2D eigenvalue weighted by atomic mass is 16.2. The molecule has 1 N–H and O–H groups in total. The van der Waals surface area contributed by atoms with Crippen molar-refractivity contribution in [3.05, 3.63) is 29.8 Å². The molecular weight excluding hydrogens is 276 g/mol. The van der Waals surface area contributed by atoms with Gasteiger partial charge in [0.2, 0.25) is 11.8 Å². The molecule has 4 nitrogen and oxygen atoms in total. The van der Waals surface area contributed by atoms with Gasteiger partial charge in [-0.25, -0.2) is 0 Å². The van der Waals surface area contributed by atoms with Gasteiger partial charge in [0.15, 0.2) is 0 Å². The molecule has 0 aliphatic carbocycles. The molecule has 122 valence electrons. The molecule has 0 saturated carbocycles. The van der Waals surface area contributed by atoms with Gasteiger partial charge in [-0.2, -0.15) is 0 Å². The number of hydrogen-bond donors (Lipinski definition) is 1. The van der Waals surface area contributed by atoms with Crippen LogP contribution in [-0.2, 0) is 9.59 Å². The van der Waals surface area contributed by atoms with E-state index >= 15 is 0 Å².